The maximum absolute atomic E-state index is 13.9. The molecule has 0 aliphatic heterocycles. The van der Waals surface area contributed by atoms with E-state index < -0.39 is 28.5 Å². The first-order valence-corrected chi connectivity index (χ1v) is 14.9. The fourth-order valence-electron chi connectivity index (χ4n) is 4.31. The van der Waals surface area contributed by atoms with Crippen molar-refractivity contribution >= 4 is 27.5 Å². The molecule has 3 aromatic carbocycles. The van der Waals surface area contributed by atoms with Crippen molar-refractivity contribution in [1.82, 2.24) is 10.2 Å². The zero-order chi connectivity index (χ0) is 28.4. The van der Waals surface area contributed by atoms with Crippen LogP contribution < -0.4 is 9.62 Å². The second-order valence-corrected chi connectivity index (χ2v) is 11.8. The number of aryl methyl sites for hydroxylation is 1. The van der Waals surface area contributed by atoms with E-state index in [4.69, 9.17) is 0 Å². The van der Waals surface area contributed by atoms with E-state index in [0.29, 0.717) is 25.1 Å². The SMILES string of the molecule is CCc1ccccc1N(CC(=O)N(CCc1ccccc1)[C@H](C)C(=O)NCC(C)C)S(=O)(=O)c1ccccc1. The third-order valence-corrected chi connectivity index (χ3v) is 8.36. The highest BCUT2D eigenvalue weighted by Gasteiger charge is 2.33. The number of anilines is 1. The number of sulfonamides is 1. The standard InChI is InChI=1S/C31H39N3O4S/c1-5-27-16-12-13-19-29(27)34(39(37,38)28-17-10-7-11-18-28)23-30(35)33(21-20-26-14-8-6-9-15-26)25(4)31(36)32-22-24(2)3/h6-19,24-25H,5,20-23H2,1-4H3,(H,32,36)/t25-/m1/s1. The Balaban J connectivity index is 1.98. The first-order chi connectivity index (χ1) is 18.6. The molecule has 0 saturated heterocycles. The molecule has 3 aromatic rings. The zero-order valence-corrected chi connectivity index (χ0v) is 24.0. The molecule has 0 bridgehead atoms. The molecule has 0 aliphatic carbocycles. The minimum Gasteiger partial charge on any atom is -0.354 e. The Labute approximate surface area is 232 Å². The minimum absolute atomic E-state index is 0.0993. The van der Waals surface area contributed by atoms with E-state index in [1.807, 2.05) is 63.2 Å². The molecule has 8 heteroatoms. The van der Waals surface area contributed by atoms with Crippen LogP contribution in [0.2, 0.25) is 0 Å². The van der Waals surface area contributed by atoms with Crippen LogP contribution in [-0.2, 0) is 32.5 Å². The van der Waals surface area contributed by atoms with Gasteiger partial charge in [-0.1, -0.05) is 87.5 Å². The Morgan fingerprint density at radius 1 is 0.846 bits per heavy atom. The van der Waals surface area contributed by atoms with Gasteiger partial charge in [0.2, 0.25) is 11.8 Å². The fraction of sp³-hybridized carbons (Fsp3) is 0.355. The van der Waals surface area contributed by atoms with Gasteiger partial charge in [0.15, 0.2) is 0 Å². The highest BCUT2D eigenvalue weighted by molar-refractivity contribution is 7.92. The van der Waals surface area contributed by atoms with Crippen LogP contribution in [0.5, 0.6) is 0 Å². The number of rotatable bonds is 13. The van der Waals surface area contributed by atoms with Crippen molar-refractivity contribution in [2.75, 3.05) is 23.9 Å². The average molecular weight is 550 g/mol. The van der Waals surface area contributed by atoms with Crippen molar-refractivity contribution in [2.45, 2.75) is 51.5 Å². The smallest absolute Gasteiger partial charge is 0.264 e. The van der Waals surface area contributed by atoms with Crippen LogP contribution in [0.3, 0.4) is 0 Å². The molecule has 0 heterocycles. The van der Waals surface area contributed by atoms with E-state index in [2.05, 4.69) is 5.32 Å². The predicted octanol–water partition coefficient (Wildman–Crippen LogP) is 4.68. The number of carbonyl (C=O) groups excluding carboxylic acids is 2. The van der Waals surface area contributed by atoms with Gasteiger partial charge in [-0.05, 0) is 55.0 Å². The Morgan fingerprint density at radius 3 is 2.05 bits per heavy atom. The lowest BCUT2D eigenvalue weighted by atomic mass is 10.1. The number of amides is 2. The zero-order valence-electron chi connectivity index (χ0n) is 23.2. The van der Waals surface area contributed by atoms with Gasteiger partial charge in [0.25, 0.3) is 10.0 Å². The van der Waals surface area contributed by atoms with Gasteiger partial charge in [0, 0.05) is 13.1 Å². The molecule has 0 unspecified atom stereocenters. The van der Waals surface area contributed by atoms with Crippen molar-refractivity contribution in [3.63, 3.8) is 0 Å². The van der Waals surface area contributed by atoms with Gasteiger partial charge in [0.05, 0.1) is 10.6 Å². The maximum Gasteiger partial charge on any atom is 0.264 e. The maximum atomic E-state index is 13.9. The first-order valence-electron chi connectivity index (χ1n) is 13.4. The van der Waals surface area contributed by atoms with E-state index >= 15 is 0 Å². The fourth-order valence-corrected chi connectivity index (χ4v) is 5.78. The van der Waals surface area contributed by atoms with Crippen molar-refractivity contribution in [3.05, 3.63) is 96.1 Å². The molecule has 3 rings (SSSR count). The molecule has 208 valence electrons. The number of nitrogens with zero attached hydrogens (tertiary/aromatic N) is 2. The molecule has 2 amide bonds. The van der Waals surface area contributed by atoms with E-state index in [-0.39, 0.29) is 23.3 Å². The Kier molecular flexibility index (Phi) is 10.7. The lowest BCUT2D eigenvalue weighted by Gasteiger charge is -2.32. The number of hydrogen-bond acceptors (Lipinski definition) is 4. The second-order valence-electron chi connectivity index (χ2n) is 9.94. The van der Waals surface area contributed by atoms with Crippen molar-refractivity contribution in [2.24, 2.45) is 5.92 Å². The molecule has 0 aliphatic rings. The summed E-state index contributed by atoms with van der Waals surface area (Å²) >= 11 is 0. The average Bonchev–Trinajstić information content (AvgIpc) is 2.95. The van der Waals surface area contributed by atoms with E-state index in [9.17, 15) is 18.0 Å². The number of benzene rings is 3. The number of hydrogen-bond donors (Lipinski definition) is 1. The first kappa shape index (κ1) is 29.9. The monoisotopic (exact) mass is 549 g/mol. The number of carbonyl (C=O) groups is 2. The summed E-state index contributed by atoms with van der Waals surface area (Å²) < 4.78 is 29.0. The van der Waals surface area contributed by atoms with Crippen molar-refractivity contribution in [1.29, 1.82) is 0 Å². The van der Waals surface area contributed by atoms with Crippen LogP contribution in [0.25, 0.3) is 0 Å². The lowest BCUT2D eigenvalue weighted by Crippen LogP contribution is -2.52. The molecule has 1 atom stereocenters. The quantitative estimate of drug-likeness (QED) is 0.336. The highest BCUT2D eigenvalue weighted by Crippen LogP contribution is 2.28. The highest BCUT2D eigenvalue weighted by atomic mass is 32.2. The molecule has 7 nitrogen and oxygen atoms in total. The third kappa shape index (κ3) is 7.93. The number of para-hydroxylation sites is 1. The molecule has 0 spiro atoms. The van der Waals surface area contributed by atoms with Crippen LogP contribution in [0.4, 0.5) is 5.69 Å². The second kappa shape index (κ2) is 13.9. The summed E-state index contributed by atoms with van der Waals surface area (Å²) in [4.78, 5) is 28.6. The largest absolute Gasteiger partial charge is 0.354 e. The van der Waals surface area contributed by atoms with Crippen LogP contribution in [0, 0.1) is 5.92 Å². The van der Waals surface area contributed by atoms with Gasteiger partial charge in [-0.3, -0.25) is 13.9 Å². The summed E-state index contributed by atoms with van der Waals surface area (Å²) in [6.45, 7) is 7.97. The summed E-state index contributed by atoms with van der Waals surface area (Å²) in [5, 5.41) is 2.91. The lowest BCUT2D eigenvalue weighted by molar-refractivity contribution is -0.138. The van der Waals surface area contributed by atoms with E-state index in [1.54, 1.807) is 37.3 Å². The molecule has 0 radical (unpaired) electrons. The van der Waals surface area contributed by atoms with Gasteiger partial charge in [-0.15, -0.1) is 0 Å². The molecule has 39 heavy (non-hydrogen) atoms. The van der Waals surface area contributed by atoms with Gasteiger partial charge in [-0.25, -0.2) is 8.42 Å². The van der Waals surface area contributed by atoms with Crippen LogP contribution in [0.1, 0.15) is 38.8 Å². The van der Waals surface area contributed by atoms with Crippen LogP contribution >= 0.6 is 0 Å². The summed E-state index contributed by atoms with van der Waals surface area (Å²) in [7, 11) is -4.06. The topological polar surface area (TPSA) is 86.8 Å². The Bertz CT molecular complexity index is 1330. The van der Waals surface area contributed by atoms with Crippen LogP contribution in [-0.4, -0.2) is 50.8 Å². The molecule has 1 N–H and O–H groups in total. The minimum atomic E-state index is -4.06. The van der Waals surface area contributed by atoms with Crippen molar-refractivity contribution < 1.29 is 18.0 Å². The predicted molar refractivity (Wildman–Crippen MR) is 156 cm³/mol. The van der Waals surface area contributed by atoms with Gasteiger partial charge in [0.1, 0.15) is 12.6 Å². The van der Waals surface area contributed by atoms with Crippen LogP contribution in [0.15, 0.2) is 89.8 Å². The van der Waals surface area contributed by atoms with Gasteiger partial charge in [-0.2, -0.15) is 0 Å². The van der Waals surface area contributed by atoms with E-state index in [0.717, 1.165) is 11.1 Å². The Hall–Kier alpha value is -3.65. The summed E-state index contributed by atoms with van der Waals surface area (Å²) in [5.41, 5.74) is 2.29. The number of nitrogens with one attached hydrogen (secondary N) is 1. The molecule has 0 aromatic heterocycles. The van der Waals surface area contributed by atoms with Gasteiger partial charge >= 0.3 is 0 Å². The summed E-state index contributed by atoms with van der Waals surface area (Å²) in [5.74, 6) is -0.452. The van der Waals surface area contributed by atoms with Gasteiger partial charge < -0.3 is 10.2 Å². The van der Waals surface area contributed by atoms with Crippen molar-refractivity contribution in [3.8, 4) is 0 Å². The third-order valence-electron chi connectivity index (χ3n) is 6.59. The molecule has 0 fully saturated rings. The van der Waals surface area contributed by atoms with E-state index in [1.165, 1.54) is 21.3 Å². The molecule has 0 saturated carbocycles. The molecular weight excluding hydrogens is 510 g/mol. The summed E-state index contributed by atoms with van der Waals surface area (Å²) in [6, 6.07) is 24.3. The Morgan fingerprint density at radius 2 is 1.44 bits per heavy atom. The molecular formula is C31H39N3O4S. The normalized spacial score (nSPS) is 12.1. The summed E-state index contributed by atoms with van der Waals surface area (Å²) in [6.07, 6.45) is 1.13.